The van der Waals surface area contributed by atoms with Gasteiger partial charge in [-0.1, -0.05) is 23.2 Å². The predicted octanol–water partition coefficient (Wildman–Crippen LogP) is 3.12. The Hall–Kier alpha value is -1.17. The van der Waals surface area contributed by atoms with Crippen LogP contribution in [-0.2, 0) is 6.54 Å². The van der Waals surface area contributed by atoms with Gasteiger partial charge in [0.25, 0.3) is 5.91 Å². The van der Waals surface area contributed by atoms with E-state index in [9.17, 15) is 4.79 Å². The molecule has 18 heavy (non-hydrogen) atoms. The summed E-state index contributed by atoms with van der Waals surface area (Å²) in [6.07, 6.45) is 0. The SMILES string of the molecule is CN(Cc1cscn1)C(=O)c1nc(Cl)ccc1Cl. The normalized spacial score (nSPS) is 10.4. The van der Waals surface area contributed by atoms with Gasteiger partial charge < -0.3 is 4.90 Å². The van der Waals surface area contributed by atoms with Crippen LogP contribution in [0, 0.1) is 0 Å². The van der Waals surface area contributed by atoms with E-state index >= 15 is 0 Å². The summed E-state index contributed by atoms with van der Waals surface area (Å²) in [5.74, 6) is -0.282. The van der Waals surface area contributed by atoms with Crippen LogP contribution in [0.4, 0.5) is 0 Å². The Labute approximate surface area is 118 Å². The van der Waals surface area contributed by atoms with E-state index in [1.54, 1.807) is 24.7 Å². The Balaban J connectivity index is 2.17. The summed E-state index contributed by atoms with van der Waals surface area (Å²) in [4.78, 5) is 21.7. The number of thiazole rings is 1. The molecule has 0 saturated carbocycles. The van der Waals surface area contributed by atoms with Gasteiger partial charge >= 0.3 is 0 Å². The first-order valence-corrected chi connectivity index (χ1v) is 6.72. The lowest BCUT2D eigenvalue weighted by Crippen LogP contribution is -2.27. The van der Waals surface area contributed by atoms with Crippen molar-refractivity contribution in [1.29, 1.82) is 0 Å². The van der Waals surface area contributed by atoms with E-state index in [2.05, 4.69) is 9.97 Å². The van der Waals surface area contributed by atoms with Crippen LogP contribution in [0.2, 0.25) is 10.2 Å². The summed E-state index contributed by atoms with van der Waals surface area (Å²) in [7, 11) is 1.67. The predicted molar refractivity (Wildman–Crippen MR) is 72.2 cm³/mol. The number of hydrogen-bond donors (Lipinski definition) is 0. The highest BCUT2D eigenvalue weighted by molar-refractivity contribution is 7.07. The van der Waals surface area contributed by atoms with E-state index in [1.165, 1.54) is 16.2 Å². The minimum absolute atomic E-state index is 0.155. The Bertz CT molecular complexity index is 559. The fourth-order valence-electron chi connectivity index (χ4n) is 1.38. The number of amides is 1. The number of nitrogens with zero attached hydrogens (tertiary/aromatic N) is 3. The van der Waals surface area contributed by atoms with Gasteiger partial charge in [0.2, 0.25) is 0 Å². The molecule has 0 atom stereocenters. The lowest BCUT2D eigenvalue weighted by atomic mass is 10.3. The maximum absolute atomic E-state index is 12.1. The van der Waals surface area contributed by atoms with Gasteiger partial charge in [-0.25, -0.2) is 9.97 Å². The number of pyridine rings is 1. The number of rotatable bonds is 3. The third-order valence-electron chi connectivity index (χ3n) is 2.24. The zero-order chi connectivity index (χ0) is 13.1. The molecule has 0 spiro atoms. The number of aromatic nitrogens is 2. The van der Waals surface area contributed by atoms with Gasteiger partial charge in [-0.15, -0.1) is 11.3 Å². The molecule has 0 bridgehead atoms. The number of carbonyl (C=O) groups excluding carboxylic acids is 1. The van der Waals surface area contributed by atoms with Crippen LogP contribution in [0.25, 0.3) is 0 Å². The average Bonchev–Trinajstić information content (AvgIpc) is 2.84. The molecule has 0 N–H and O–H groups in total. The molecule has 2 aromatic rings. The van der Waals surface area contributed by atoms with Gasteiger partial charge in [0.1, 0.15) is 10.8 Å². The van der Waals surface area contributed by atoms with Crippen LogP contribution in [0.1, 0.15) is 16.2 Å². The first kappa shape index (κ1) is 13.3. The van der Waals surface area contributed by atoms with E-state index in [-0.39, 0.29) is 21.8 Å². The molecule has 7 heteroatoms. The second-order valence-corrected chi connectivity index (χ2v) is 5.12. The molecule has 1 amide bonds. The van der Waals surface area contributed by atoms with E-state index in [0.717, 1.165) is 5.69 Å². The second kappa shape index (κ2) is 5.65. The molecule has 0 aliphatic carbocycles. The molecule has 2 aromatic heterocycles. The molecular formula is C11H9Cl2N3OS. The summed E-state index contributed by atoms with van der Waals surface area (Å²) in [6, 6.07) is 3.10. The molecule has 2 heterocycles. The van der Waals surface area contributed by atoms with Crippen molar-refractivity contribution in [2.45, 2.75) is 6.54 Å². The highest BCUT2D eigenvalue weighted by Crippen LogP contribution is 2.18. The maximum atomic E-state index is 12.1. The lowest BCUT2D eigenvalue weighted by Gasteiger charge is -2.16. The van der Waals surface area contributed by atoms with Gasteiger partial charge in [-0.3, -0.25) is 4.79 Å². The number of halogens is 2. The van der Waals surface area contributed by atoms with Gasteiger partial charge in [0, 0.05) is 12.4 Å². The quantitative estimate of drug-likeness (QED) is 0.818. The van der Waals surface area contributed by atoms with Crippen molar-refractivity contribution in [3.8, 4) is 0 Å². The molecule has 0 aromatic carbocycles. The lowest BCUT2D eigenvalue weighted by molar-refractivity contribution is 0.0778. The third-order valence-corrected chi connectivity index (χ3v) is 3.39. The van der Waals surface area contributed by atoms with Crippen molar-refractivity contribution < 1.29 is 4.79 Å². The van der Waals surface area contributed by atoms with E-state index < -0.39 is 0 Å². The van der Waals surface area contributed by atoms with Crippen molar-refractivity contribution in [2.75, 3.05) is 7.05 Å². The first-order valence-electron chi connectivity index (χ1n) is 5.02. The highest BCUT2D eigenvalue weighted by atomic mass is 35.5. The van der Waals surface area contributed by atoms with Gasteiger partial charge in [-0.05, 0) is 12.1 Å². The molecular weight excluding hydrogens is 293 g/mol. The Morgan fingerprint density at radius 2 is 2.22 bits per heavy atom. The zero-order valence-corrected chi connectivity index (χ0v) is 11.8. The van der Waals surface area contributed by atoms with Crippen molar-refractivity contribution >= 4 is 40.4 Å². The van der Waals surface area contributed by atoms with Crippen LogP contribution < -0.4 is 0 Å². The van der Waals surface area contributed by atoms with Crippen LogP contribution >= 0.6 is 34.5 Å². The van der Waals surface area contributed by atoms with Crippen molar-refractivity contribution in [2.24, 2.45) is 0 Å². The third kappa shape index (κ3) is 2.98. The van der Waals surface area contributed by atoms with Crippen molar-refractivity contribution in [3.05, 3.63) is 44.6 Å². The molecule has 4 nitrogen and oxygen atoms in total. The smallest absolute Gasteiger partial charge is 0.274 e. The molecule has 2 rings (SSSR count). The molecule has 0 unspecified atom stereocenters. The molecule has 0 radical (unpaired) electrons. The highest BCUT2D eigenvalue weighted by Gasteiger charge is 2.18. The van der Waals surface area contributed by atoms with Crippen LogP contribution in [-0.4, -0.2) is 27.8 Å². The minimum Gasteiger partial charge on any atom is -0.334 e. The van der Waals surface area contributed by atoms with Gasteiger partial charge in [0.15, 0.2) is 0 Å². The molecule has 0 saturated heterocycles. The van der Waals surface area contributed by atoms with Crippen LogP contribution in [0.5, 0.6) is 0 Å². The summed E-state index contributed by atoms with van der Waals surface area (Å²) in [5, 5.41) is 2.41. The monoisotopic (exact) mass is 301 g/mol. The standard InChI is InChI=1S/C11H9Cl2N3OS/c1-16(4-7-5-18-6-14-7)11(17)10-8(12)2-3-9(13)15-10/h2-3,5-6H,4H2,1H3. The molecule has 0 fully saturated rings. The molecule has 0 aliphatic rings. The second-order valence-electron chi connectivity index (χ2n) is 3.61. The molecule has 0 aliphatic heterocycles. The number of hydrogen-bond acceptors (Lipinski definition) is 4. The Morgan fingerprint density at radius 1 is 1.44 bits per heavy atom. The molecule has 94 valence electrons. The minimum atomic E-state index is -0.282. The van der Waals surface area contributed by atoms with E-state index in [0.29, 0.717) is 6.54 Å². The van der Waals surface area contributed by atoms with E-state index in [1.807, 2.05) is 5.38 Å². The summed E-state index contributed by atoms with van der Waals surface area (Å²) < 4.78 is 0. The number of carbonyl (C=O) groups is 1. The summed E-state index contributed by atoms with van der Waals surface area (Å²) >= 11 is 13.2. The summed E-state index contributed by atoms with van der Waals surface area (Å²) in [6.45, 7) is 0.410. The average molecular weight is 302 g/mol. The fourth-order valence-corrected chi connectivity index (χ4v) is 2.26. The topological polar surface area (TPSA) is 46.1 Å². The van der Waals surface area contributed by atoms with Gasteiger partial charge in [0.05, 0.1) is 22.8 Å². The Morgan fingerprint density at radius 3 is 2.89 bits per heavy atom. The van der Waals surface area contributed by atoms with Gasteiger partial charge in [-0.2, -0.15) is 0 Å². The fraction of sp³-hybridized carbons (Fsp3) is 0.182. The first-order chi connectivity index (χ1) is 8.58. The van der Waals surface area contributed by atoms with Crippen molar-refractivity contribution in [1.82, 2.24) is 14.9 Å². The zero-order valence-electron chi connectivity index (χ0n) is 9.43. The van der Waals surface area contributed by atoms with Crippen LogP contribution in [0.15, 0.2) is 23.0 Å². The van der Waals surface area contributed by atoms with Crippen molar-refractivity contribution in [3.63, 3.8) is 0 Å². The maximum Gasteiger partial charge on any atom is 0.274 e. The Kier molecular flexibility index (Phi) is 4.16. The summed E-state index contributed by atoms with van der Waals surface area (Å²) in [5.41, 5.74) is 2.70. The van der Waals surface area contributed by atoms with Crippen LogP contribution in [0.3, 0.4) is 0 Å². The van der Waals surface area contributed by atoms with E-state index in [4.69, 9.17) is 23.2 Å². The largest absolute Gasteiger partial charge is 0.334 e.